The monoisotopic (exact) mass is 255 g/mol. The zero-order valence-corrected chi connectivity index (χ0v) is 10.9. The summed E-state index contributed by atoms with van der Waals surface area (Å²) in [6.45, 7) is 5.35. The van der Waals surface area contributed by atoms with Crippen molar-refractivity contribution in [2.75, 3.05) is 7.05 Å². The van der Waals surface area contributed by atoms with Crippen molar-refractivity contribution in [2.24, 2.45) is 4.99 Å². The van der Waals surface area contributed by atoms with Gasteiger partial charge in [0.2, 0.25) is 0 Å². The van der Waals surface area contributed by atoms with Crippen molar-refractivity contribution in [1.29, 1.82) is 0 Å². The molecule has 0 spiro atoms. The van der Waals surface area contributed by atoms with Crippen LogP contribution in [0, 0.1) is 0 Å². The fraction of sp³-hybridized carbons (Fsp3) is 0.455. The molecule has 0 N–H and O–H groups in total. The molecule has 1 heterocycles. The lowest BCUT2D eigenvalue weighted by Gasteiger charge is -2.19. The van der Waals surface area contributed by atoms with Crippen molar-refractivity contribution >= 4 is 23.3 Å². The number of esters is 1. The largest absolute Gasteiger partial charge is 0.455 e. The molecule has 0 radical (unpaired) electrons. The highest BCUT2D eigenvalue weighted by molar-refractivity contribution is 6.43. The van der Waals surface area contributed by atoms with Crippen LogP contribution in [0.2, 0.25) is 5.15 Å². The maximum absolute atomic E-state index is 11.8. The number of ether oxygens (including phenoxy) is 1. The quantitative estimate of drug-likeness (QED) is 0.460. The zero-order chi connectivity index (χ0) is 13.1. The summed E-state index contributed by atoms with van der Waals surface area (Å²) in [7, 11) is 1.50. The Kier molecular flexibility index (Phi) is 4.17. The molecular weight excluding hydrogens is 242 g/mol. The normalized spacial score (nSPS) is 12.4. The van der Waals surface area contributed by atoms with Crippen molar-refractivity contribution < 1.29 is 9.53 Å². The summed E-state index contributed by atoms with van der Waals surface area (Å²) in [5.41, 5.74) is -0.102. The predicted molar refractivity (Wildman–Crippen MR) is 65.3 cm³/mol. The Balaban J connectivity index is 2.98. The second-order valence-electron chi connectivity index (χ2n) is 4.30. The third kappa shape index (κ3) is 4.11. The lowest BCUT2D eigenvalue weighted by atomic mass is 10.2. The molecule has 0 aliphatic rings. The van der Waals surface area contributed by atoms with E-state index in [4.69, 9.17) is 16.3 Å². The number of hydrogen-bond acceptors (Lipinski definition) is 5. The smallest absolute Gasteiger partial charge is 0.359 e. The van der Waals surface area contributed by atoms with Crippen LogP contribution < -0.4 is 0 Å². The van der Waals surface area contributed by atoms with Gasteiger partial charge in [-0.1, -0.05) is 11.6 Å². The highest BCUT2D eigenvalue weighted by Crippen LogP contribution is 2.11. The first-order valence-electron chi connectivity index (χ1n) is 5.01. The summed E-state index contributed by atoms with van der Waals surface area (Å²) in [5.74, 6) is -0.533. The first kappa shape index (κ1) is 13.6. The molecule has 6 heteroatoms. The summed E-state index contributed by atoms with van der Waals surface area (Å²) in [6, 6.07) is 1.47. The van der Waals surface area contributed by atoms with Gasteiger partial charge in [-0.25, -0.2) is 14.8 Å². The van der Waals surface area contributed by atoms with E-state index in [1.165, 1.54) is 19.4 Å². The minimum Gasteiger partial charge on any atom is -0.455 e. The van der Waals surface area contributed by atoms with Crippen molar-refractivity contribution in [1.82, 2.24) is 9.97 Å². The number of carbonyl (C=O) groups is 1. The van der Waals surface area contributed by atoms with E-state index in [0.717, 1.165) is 0 Å². The van der Waals surface area contributed by atoms with Gasteiger partial charge in [-0.05, 0) is 20.8 Å². The maximum Gasteiger partial charge on any atom is 0.359 e. The van der Waals surface area contributed by atoms with Gasteiger partial charge in [0.15, 0.2) is 5.71 Å². The van der Waals surface area contributed by atoms with E-state index in [1.807, 2.05) is 0 Å². The van der Waals surface area contributed by atoms with Crippen molar-refractivity contribution in [3.8, 4) is 0 Å². The first-order valence-corrected chi connectivity index (χ1v) is 5.39. The van der Waals surface area contributed by atoms with Crippen LogP contribution in [-0.2, 0) is 9.53 Å². The van der Waals surface area contributed by atoms with E-state index >= 15 is 0 Å². The Morgan fingerprint density at radius 3 is 2.53 bits per heavy atom. The second-order valence-corrected chi connectivity index (χ2v) is 4.69. The van der Waals surface area contributed by atoms with Crippen LogP contribution in [0.25, 0.3) is 0 Å². The Morgan fingerprint density at radius 1 is 1.41 bits per heavy atom. The van der Waals surface area contributed by atoms with Crippen LogP contribution in [-0.4, -0.2) is 34.3 Å². The van der Waals surface area contributed by atoms with Gasteiger partial charge >= 0.3 is 5.97 Å². The van der Waals surface area contributed by atoms with Crippen LogP contribution in [0.5, 0.6) is 0 Å². The molecule has 1 rings (SSSR count). The first-order chi connectivity index (χ1) is 7.83. The summed E-state index contributed by atoms with van der Waals surface area (Å²) in [5, 5.41) is 0.250. The Labute approximate surface area is 105 Å². The highest BCUT2D eigenvalue weighted by atomic mass is 35.5. The van der Waals surface area contributed by atoms with Gasteiger partial charge in [0.05, 0.1) is 0 Å². The molecule has 1 aromatic heterocycles. The van der Waals surface area contributed by atoms with Gasteiger partial charge in [-0.15, -0.1) is 0 Å². The fourth-order valence-electron chi connectivity index (χ4n) is 1.10. The van der Waals surface area contributed by atoms with Crippen LogP contribution in [0.15, 0.2) is 17.4 Å². The highest BCUT2D eigenvalue weighted by Gasteiger charge is 2.23. The lowest BCUT2D eigenvalue weighted by molar-refractivity contribution is -0.146. The third-order valence-electron chi connectivity index (χ3n) is 1.69. The third-order valence-corrected chi connectivity index (χ3v) is 1.90. The minimum atomic E-state index is -0.580. The van der Waals surface area contributed by atoms with Gasteiger partial charge in [-0.2, -0.15) is 0 Å². The molecule has 0 aliphatic heterocycles. The number of aromatic nitrogens is 2. The van der Waals surface area contributed by atoms with E-state index < -0.39 is 11.6 Å². The van der Waals surface area contributed by atoms with Gasteiger partial charge in [-0.3, -0.25) is 4.99 Å². The second kappa shape index (κ2) is 5.23. The fourth-order valence-corrected chi connectivity index (χ4v) is 1.25. The summed E-state index contributed by atoms with van der Waals surface area (Å²) >= 11 is 5.73. The SMILES string of the molecule is CN=C(C(=O)OC(C)(C)C)c1cc(Cl)ncn1. The molecule has 0 saturated carbocycles. The van der Waals surface area contributed by atoms with E-state index in [1.54, 1.807) is 20.8 Å². The van der Waals surface area contributed by atoms with E-state index in [9.17, 15) is 4.79 Å². The molecule has 0 aromatic carbocycles. The summed E-state index contributed by atoms with van der Waals surface area (Å²) in [4.78, 5) is 23.4. The number of hydrogen-bond donors (Lipinski definition) is 0. The van der Waals surface area contributed by atoms with Crippen LogP contribution in [0.4, 0.5) is 0 Å². The molecule has 92 valence electrons. The molecule has 0 unspecified atom stereocenters. The number of aliphatic imine (C=N–C) groups is 1. The topological polar surface area (TPSA) is 64.4 Å². The van der Waals surface area contributed by atoms with Crippen LogP contribution >= 0.6 is 11.6 Å². The minimum absolute atomic E-state index is 0.129. The van der Waals surface area contributed by atoms with Crippen LogP contribution in [0.3, 0.4) is 0 Å². The standard InChI is InChI=1S/C11H14ClN3O2/c1-11(2,3)17-10(16)9(13-4)7-5-8(12)15-6-14-7/h5-6H,1-4H3. The van der Waals surface area contributed by atoms with Gasteiger partial charge < -0.3 is 4.74 Å². The number of halogens is 1. The summed E-state index contributed by atoms with van der Waals surface area (Å²) in [6.07, 6.45) is 1.27. The Morgan fingerprint density at radius 2 is 2.06 bits per heavy atom. The number of nitrogens with zero attached hydrogens (tertiary/aromatic N) is 3. The molecule has 1 aromatic rings. The Bertz CT molecular complexity index is 452. The average Bonchev–Trinajstić information content (AvgIpc) is 2.15. The lowest BCUT2D eigenvalue weighted by Crippen LogP contribution is -2.30. The van der Waals surface area contributed by atoms with Crippen molar-refractivity contribution in [3.05, 3.63) is 23.2 Å². The summed E-state index contributed by atoms with van der Waals surface area (Å²) < 4.78 is 5.21. The molecule has 0 atom stereocenters. The average molecular weight is 256 g/mol. The molecule has 0 saturated heterocycles. The van der Waals surface area contributed by atoms with E-state index in [-0.39, 0.29) is 10.9 Å². The van der Waals surface area contributed by atoms with Gasteiger partial charge in [0, 0.05) is 13.1 Å². The Hall–Kier alpha value is -1.49. The van der Waals surface area contributed by atoms with Crippen molar-refractivity contribution in [3.63, 3.8) is 0 Å². The van der Waals surface area contributed by atoms with E-state index in [2.05, 4.69) is 15.0 Å². The molecule has 0 fully saturated rings. The zero-order valence-electron chi connectivity index (χ0n) is 10.2. The molecular formula is C11H14ClN3O2. The van der Waals surface area contributed by atoms with Crippen molar-refractivity contribution in [2.45, 2.75) is 26.4 Å². The predicted octanol–water partition coefficient (Wildman–Crippen LogP) is 1.89. The molecule has 0 bridgehead atoms. The molecule has 17 heavy (non-hydrogen) atoms. The van der Waals surface area contributed by atoms with Crippen LogP contribution in [0.1, 0.15) is 26.5 Å². The maximum atomic E-state index is 11.8. The molecule has 5 nitrogen and oxygen atoms in total. The van der Waals surface area contributed by atoms with E-state index in [0.29, 0.717) is 5.69 Å². The van der Waals surface area contributed by atoms with Gasteiger partial charge in [0.1, 0.15) is 22.8 Å². The molecule has 0 amide bonds. The number of carbonyl (C=O) groups excluding carboxylic acids is 1. The van der Waals surface area contributed by atoms with Gasteiger partial charge in [0.25, 0.3) is 0 Å². The molecule has 0 aliphatic carbocycles. The number of rotatable bonds is 2.